The molecule has 0 aromatic carbocycles. The van der Waals surface area contributed by atoms with E-state index in [-0.39, 0.29) is 11.8 Å². The number of hydrogen-bond acceptors (Lipinski definition) is 4. The van der Waals surface area contributed by atoms with E-state index in [4.69, 9.17) is 9.84 Å². The lowest BCUT2D eigenvalue weighted by Gasteiger charge is -2.20. The molecule has 1 aliphatic heterocycles. The molecule has 1 fully saturated rings. The summed E-state index contributed by atoms with van der Waals surface area (Å²) in [5, 5.41) is 14.1. The fraction of sp³-hybridized carbons (Fsp3) is 0.800. The quantitative estimate of drug-likeness (QED) is 0.538. The van der Waals surface area contributed by atoms with E-state index in [0.717, 1.165) is 6.42 Å². The highest BCUT2D eigenvalue weighted by molar-refractivity contribution is 5.95. The van der Waals surface area contributed by atoms with Crippen LogP contribution in [0.3, 0.4) is 0 Å². The van der Waals surface area contributed by atoms with Gasteiger partial charge in [0.25, 0.3) is 5.91 Å². The molecule has 2 amide bonds. The summed E-state index contributed by atoms with van der Waals surface area (Å²) >= 11 is 0. The molecule has 1 saturated heterocycles. The van der Waals surface area contributed by atoms with Gasteiger partial charge in [0.2, 0.25) is 5.91 Å². The second-order valence-corrected chi connectivity index (χ2v) is 6.48. The molecule has 22 heavy (non-hydrogen) atoms. The lowest BCUT2D eigenvalue weighted by molar-refractivity contribution is -0.138. The van der Waals surface area contributed by atoms with E-state index in [1.54, 1.807) is 0 Å². The van der Waals surface area contributed by atoms with E-state index < -0.39 is 30.1 Å². The van der Waals surface area contributed by atoms with Crippen molar-refractivity contribution in [2.75, 3.05) is 6.54 Å². The van der Waals surface area contributed by atoms with Gasteiger partial charge in [-0.05, 0) is 24.7 Å². The summed E-state index contributed by atoms with van der Waals surface area (Å²) in [5.74, 6) is -1.25. The van der Waals surface area contributed by atoms with Crippen molar-refractivity contribution in [1.29, 1.82) is 0 Å². The molecular weight excluding hydrogens is 288 g/mol. The zero-order valence-electron chi connectivity index (χ0n) is 13.6. The first-order valence-electron chi connectivity index (χ1n) is 7.68. The Hall–Kier alpha value is -1.63. The number of carbonyl (C=O) groups is 3. The summed E-state index contributed by atoms with van der Waals surface area (Å²) in [5.41, 5.74) is 0. The van der Waals surface area contributed by atoms with Crippen LogP contribution in [0, 0.1) is 11.8 Å². The minimum Gasteiger partial charge on any atom is -0.479 e. The molecule has 1 rings (SSSR count). The van der Waals surface area contributed by atoms with Gasteiger partial charge in [0.1, 0.15) is 6.04 Å². The molecule has 0 aromatic heterocycles. The Morgan fingerprint density at radius 2 is 1.73 bits per heavy atom. The Morgan fingerprint density at radius 3 is 2.18 bits per heavy atom. The van der Waals surface area contributed by atoms with E-state index in [1.165, 1.54) is 0 Å². The van der Waals surface area contributed by atoms with Crippen molar-refractivity contribution in [3.05, 3.63) is 0 Å². The van der Waals surface area contributed by atoms with Gasteiger partial charge in [-0.1, -0.05) is 27.7 Å². The van der Waals surface area contributed by atoms with Crippen LogP contribution in [0.4, 0.5) is 0 Å². The van der Waals surface area contributed by atoms with E-state index in [0.29, 0.717) is 18.9 Å². The Balaban J connectivity index is 2.51. The molecule has 0 saturated carbocycles. The number of carbonyl (C=O) groups excluding carboxylic acids is 2. The van der Waals surface area contributed by atoms with Crippen molar-refractivity contribution < 1.29 is 24.2 Å². The lowest BCUT2D eigenvalue weighted by Crippen LogP contribution is -2.49. The smallest absolute Gasteiger partial charge is 0.336 e. The molecule has 7 heteroatoms. The average Bonchev–Trinajstić information content (AvgIpc) is 3.16. The third-order valence-electron chi connectivity index (χ3n) is 3.35. The fourth-order valence-corrected chi connectivity index (χ4v) is 2.06. The van der Waals surface area contributed by atoms with E-state index in [9.17, 15) is 14.4 Å². The zero-order valence-corrected chi connectivity index (χ0v) is 13.6. The summed E-state index contributed by atoms with van der Waals surface area (Å²) in [7, 11) is 0. The van der Waals surface area contributed by atoms with Crippen LogP contribution < -0.4 is 10.6 Å². The molecule has 0 spiro atoms. The largest absolute Gasteiger partial charge is 0.479 e. The molecule has 126 valence electrons. The van der Waals surface area contributed by atoms with Gasteiger partial charge in [-0.2, -0.15) is 0 Å². The number of epoxide rings is 1. The Labute approximate surface area is 130 Å². The van der Waals surface area contributed by atoms with Gasteiger partial charge in [0.15, 0.2) is 12.2 Å². The molecular formula is C15H26N2O5. The molecule has 1 heterocycles. The van der Waals surface area contributed by atoms with Crippen LogP contribution in [0.5, 0.6) is 0 Å². The number of rotatable bonds is 9. The Morgan fingerprint density at radius 1 is 1.09 bits per heavy atom. The van der Waals surface area contributed by atoms with Crippen LogP contribution in [0.25, 0.3) is 0 Å². The maximum absolute atomic E-state index is 12.2. The normalized spacial score (nSPS) is 21.5. The molecule has 0 aromatic rings. The number of carboxylic acids is 1. The topological polar surface area (TPSA) is 108 Å². The highest BCUT2D eigenvalue weighted by atomic mass is 16.6. The monoisotopic (exact) mass is 314 g/mol. The molecule has 7 nitrogen and oxygen atoms in total. The van der Waals surface area contributed by atoms with Crippen molar-refractivity contribution >= 4 is 17.8 Å². The van der Waals surface area contributed by atoms with Crippen LogP contribution >= 0.6 is 0 Å². The number of carboxylic acid groups (broad SMARTS) is 1. The first-order valence-corrected chi connectivity index (χ1v) is 7.68. The van der Waals surface area contributed by atoms with Gasteiger partial charge in [0.05, 0.1) is 0 Å². The predicted octanol–water partition coefficient (Wildman–Crippen LogP) is 0.532. The van der Waals surface area contributed by atoms with Crippen LogP contribution in [-0.2, 0) is 19.1 Å². The summed E-state index contributed by atoms with van der Waals surface area (Å²) in [6.07, 6.45) is -0.732. The Bertz CT molecular complexity index is 422. The predicted molar refractivity (Wildman–Crippen MR) is 80.1 cm³/mol. The van der Waals surface area contributed by atoms with E-state index in [1.807, 2.05) is 13.8 Å². The SMILES string of the molecule is CC(C)CCNC(=O)[C@H](CC(C)C)NC(=O)[C@H]1O[C@H]1C(=O)O. The zero-order chi connectivity index (χ0) is 16.9. The maximum atomic E-state index is 12.2. The maximum Gasteiger partial charge on any atom is 0.336 e. The van der Waals surface area contributed by atoms with Crippen molar-refractivity contribution in [2.24, 2.45) is 11.8 Å². The lowest BCUT2D eigenvalue weighted by atomic mass is 10.0. The van der Waals surface area contributed by atoms with Gasteiger partial charge in [-0.15, -0.1) is 0 Å². The summed E-state index contributed by atoms with van der Waals surface area (Å²) < 4.78 is 4.80. The molecule has 0 bridgehead atoms. The van der Waals surface area contributed by atoms with Crippen molar-refractivity contribution in [2.45, 2.75) is 58.8 Å². The van der Waals surface area contributed by atoms with Crippen LogP contribution in [-0.4, -0.2) is 47.7 Å². The van der Waals surface area contributed by atoms with Crippen LogP contribution in [0.1, 0.15) is 40.5 Å². The molecule has 0 radical (unpaired) electrons. The summed E-state index contributed by atoms with van der Waals surface area (Å²) in [6, 6.07) is -0.668. The second-order valence-electron chi connectivity index (χ2n) is 6.48. The summed E-state index contributed by atoms with van der Waals surface area (Å²) in [6.45, 7) is 8.59. The third kappa shape index (κ3) is 6.01. The average molecular weight is 314 g/mol. The minimum atomic E-state index is -1.16. The highest BCUT2D eigenvalue weighted by Crippen LogP contribution is 2.22. The molecule has 0 aliphatic carbocycles. The number of hydrogen-bond donors (Lipinski definition) is 3. The standard InChI is InChI=1S/C15H26N2O5/c1-8(2)5-6-16-13(18)10(7-9(3)4)17-14(19)11-12(22-11)15(20)21/h8-12H,5-7H2,1-4H3,(H,16,18)(H,17,19)(H,20,21)/t10-,11-,12+/m0/s1. The summed E-state index contributed by atoms with van der Waals surface area (Å²) in [4.78, 5) is 34.8. The van der Waals surface area contributed by atoms with Crippen molar-refractivity contribution in [3.63, 3.8) is 0 Å². The molecule has 3 N–H and O–H groups in total. The van der Waals surface area contributed by atoms with Gasteiger partial charge in [-0.3, -0.25) is 9.59 Å². The molecule has 0 unspecified atom stereocenters. The van der Waals surface area contributed by atoms with Gasteiger partial charge < -0.3 is 20.5 Å². The van der Waals surface area contributed by atoms with Crippen LogP contribution in [0.15, 0.2) is 0 Å². The van der Waals surface area contributed by atoms with E-state index in [2.05, 4.69) is 24.5 Å². The Kier molecular flexibility index (Phi) is 6.80. The highest BCUT2D eigenvalue weighted by Gasteiger charge is 2.51. The first kappa shape index (κ1) is 18.4. The molecule has 1 aliphatic rings. The van der Waals surface area contributed by atoms with Crippen molar-refractivity contribution in [1.82, 2.24) is 10.6 Å². The number of aliphatic carboxylic acids is 1. The third-order valence-corrected chi connectivity index (χ3v) is 3.35. The number of nitrogens with one attached hydrogen (secondary N) is 2. The minimum absolute atomic E-state index is 0.219. The fourth-order valence-electron chi connectivity index (χ4n) is 2.06. The van der Waals surface area contributed by atoms with Gasteiger partial charge >= 0.3 is 5.97 Å². The number of ether oxygens (including phenoxy) is 1. The van der Waals surface area contributed by atoms with Gasteiger partial charge in [0, 0.05) is 6.54 Å². The van der Waals surface area contributed by atoms with Gasteiger partial charge in [-0.25, -0.2) is 4.79 Å². The van der Waals surface area contributed by atoms with Crippen LogP contribution in [0.2, 0.25) is 0 Å². The first-order chi connectivity index (χ1) is 10.2. The van der Waals surface area contributed by atoms with E-state index >= 15 is 0 Å². The molecule has 3 atom stereocenters. The number of amides is 2. The van der Waals surface area contributed by atoms with Crippen molar-refractivity contribution in [3.8, 4) is 0 Å². The second kappa shape index (κ2) is 8.12.